The van der Waals surface area contributed by atoms with Gasteiger partial charge in [0.15, 0.2) is 0 Å². The summed E-state index contributed by atoms with van der Waals surface area (Å²) in [5.41, 5.74) is 0.149. The van der Waals surface area contributed by atoms with E-state index in [9.17, 15) is 0 Å². The van der Waals surface area contributed by atoms with Crippen molar-refractivity contribution < 1.29 is 5.11 Å². The van der Waals surface area contributed by atoms with E-state index in [1.807, 2.05) is 4.68 Å². The van der Waals surface area contributed by atoms with Gasteiger partial charge in [-0.1, -0.05) is 13.8 Å². The van der Waals surface area contributed by atoms with Gasteiger partial charge in [-0.05, 0) is 25.2 Å². The van der Waals surface area contributed by atoms with Crippen molar-refractivity contribution in [3.05, 3.63) is 12.7 Å². The van der Waals surface area contributed by atoms with Crippen molar-refractivity contribution in [1.29, 1.82) is 0 Å². The third-order valence-electron chi connectivity index (χ3n) is 2.98. The Hall–Kier alpha value is -0.940. The molecule has 0 amide bonds. The topological polar surface area (TPSA) is 63.0 Å². The summed E-state index contributed by atoms with van der Waals surface area (Å²) in [5, 5.41) is 16.5. The zero-order valence-electron chi connectivity index (χ0n) is 11.1. The SMILES string of the molecule is CC(CCn1cncn1)NCC(C)(C)CCO. The second-order valence-corrected chi connectivity index (χ2v) is 5.37. The van der Waals surface area contributed by atoms with Gasteiger partial charge in [-0.2, -0.15) is 5.10 Å². The van der Waals surface area contributed by atoms with Crippen molar-refractivity contribution in [2.75, 3.05) is 13.2 Å². The normalized spacial score (nSPS) is 13.9. The molecule has 17 heavy (non-hydrogen) atoms. The second-order valence-electron chi connectivity index (χ2n) is 5.37. The molecule has 0 bridgehead atoms. The van der Waals surface area contributed by atoms with E-state index in [-0.39, 0.29) is 12.0 Å². The fourth-order valence-corrected chi connectivity index (χ4v) is 1.62. The lowest BCUT2D eigenvalue weighted by Crippen LogP contribution is -2.36. The molecule has 0 fully saturated rings. The van der Waals surface area contributed by atoms with Crippen LogP contribution >= 0.6 is 0 Å². The van der Waals surface area contributed by atoms with Gasteiger partial charge in [-0.15, -0.1) is 0 Å². The summed E-state index contributed by atoms with van der Waals surface area (Å²) in [6.07, 6.45) is 5.15. The number of rotatable bonds is 8. The van der Waals surface area contributed by atoms with E-state index in [1.165, 1.54) is 0 Å². The number of nitrogens with one attached hydrogen (secondary N) is 1. The number of aliphatic hydroxyl groups excluding tert-OH is 1. The van der Waals surface area contributed by atoms with Gasteiger partial charge in [0.1, 0.15) is 12.7 Å². The summed E-state index contributed by atoms with van der Waals surface area (Å²) in [6.45, 7) is 8.56. The zero-order valence-corrected chi connectivity index (χ0v) is 11.1. The molecular formula is C12H24N4O. The Morgan fingerprint density at radius 2 is 2.24 bits per heavy atom. The van der Waals surface area contributed by atoms with Crippen molar-refractivity contribution in [3.8, 4) is 0 Å². The van der Waals surface area contributed by atoms with Crippen molar-refractivity contribution in [3.63, 3.8) is 0 Å². The molecule has 0 aliphatic heterocycles. The average Bonchev–Trinajstić information content (AvgIpc) is 2.76. The summed E-state index contributed by atoms with van der Waals surface area (Å²) >= 11 is 0. The van der Waals surface area contributed by atoms with Gasteiger partial charge >= 0.3 is 0 Å². The molecule has 5 heteroatoms. The first-order chi connectivity index (χ1) is 8.03. The Balaban J connectivity index is 2.18. The maximum Gasteiger partial charge on any atom is 0.137 e. The number of hydrogen-bond acceptors (Lipinski definition) is 4. The van der Waals surface area contributed by atoms with Crippen LogP contribution in [0.2, 0.25) is 0 Å². The summed E-state index contributed by atoms with van der Waals surface area (Å²) in [6, 6.07) is 0.442. The minimum Gasteiger partial charge on any atom is -0.396 e. The van der Waals surface area contributed by atoms with Crippen LogP contribution in [0.1, 0.15) is 33.6 Å². The standard InChI is InChI=1S/C12H24N4O/c1-11(4-6-16-10-13-9-15-16)14-8-12(2,3)5-7-17/h9-11,14,17H,4-8H2,1-3H3. The third kappa shape index (κ3) is 5.79. The van der Waals surface area contributed by atoms with E-state index in [0.717, 1.165) is 25.9 Å². The highest BCUT2D eigenvalue weighted by atomic mass is 16.3. The van der Waals surface area contributed by atoms with E-state index in [0.29, 0.717) is 6.04 Å². The van der Waals surface area contributed by atoms with E-state index in [4.69, 9.17) is 5.11 Å². The van der Waals surface area contributed by atoms with E-state index < -0.39 is 0 Å². The molecule has 2 N–H and O–H groups in total. The van der Waals surface area contributed by atoms with Gasteiger partial charge in [0, 0.05) is 25.7 Å². The van der Waals surface area contributed by atoms with Gasteiger partial charge in [-0.25, -0.2) is 4.98 Å². The number of aryl methyl sites for hydroxylation is 1. The van der Waals surface area contributed by atoms with E-state index in [1.54, 1.807) is 12.7 Å². The molecule has 0 spiro atoms. The van der Waals surface area contributed by atoms with Crippen molar-refractivity contribution >= 4 is 0 Å². The fraction of sp³-hybridized carbons (Fsp3) is 0.833. The maximum atomic E-state index is 8.95. The molecule has 0 aliphatic rings. The average molecular weight is 240 g/mol. The third-order valence-corrected chi connectivity index (χ3v) is 2.98. The van der Waals surface area contributed by atoms with Crippen molar-refractivity contribution in [2.45, 2.75) is 46.2 Å². The van der Waals surface area contributed by atoms with Crippen molar-refractivity contribution in [2.24, 2.45) is 5.41 Å². The summed E-state index contributed by atoms with van der Waals surface area (Å²) in [4.78, 5) is 3.91. The molecule has 1 aromatic heterocycles. The van der Waals surface area contributed by atoms with Crippen LogP contribution in [0.25, 0.3) is 0 Å². The molecule has 0 saturated heterocycles. The van der Waals surface area contributed by atoms with Gasteiger partial charge in [0.2, 0.25) is 0 Å². The van der Waals surface area contributed by atoms with Crippen LogP contribution in [0.15, 0.2) is 12.7 Å². The zero-order chi connectivity index (χ0) is 12.7. The molecule has 5 nitrogen and oxygen atoms in total. The molecule has 1 rings (SSSR count). The molecule has 1 unspecified atom stereocenters. The molecular weight excluding hydrogens is 216 g/mol. The van der Waals surface area contributed by atoms with Crippen LogP contribution in [0.5, 0.6) is 0 Å². The summed E-state index contributed by atoms with van der Waals surface area (Å²) in [5.74, 6) is 0. The Kier molecular flexibility index (Phi) is 5.58. The number of nitrogens with zero attached hydrogens (tertiary/aromatic N) is 3. The van der Waals surface area contributed by atoms with E-state index >= 15 is 0 Å². The molecule has 1 aromatic rings. The van der Waals surface area contributed by atoms with Crippen LogP contribution in [0.3, 0.4) is 0 Å². The monoisotopic (exact) mass is 240 g/mol. The van der Waals surface area contributed by atoms with Gasteiger partial charge in [0.05, 0.1) is 0 Å². The van der Waals surface area contributed by atoms with Crippen LogP contribution in [-0.4, -0.2) is 39.1 Å². The van der Waals surface area contributed by atoms with Crippen molar-refractivity contribution in [1.82, 2.24) is 20.1 Å². The van der Waals surface area contributed by atoms with Gasteiger partial charge in [0.25, 0.3) is 0 Å². The van der Waals surface area contributed by atoms with E-state index in [2.05, 4.69) is 36.2 Å². The largest absolute Gasteiger partial charge is 0.396 e. The maximum absolute atomic E-state index is 8.95. The first-order valence-electron chi connectivity index (χ1n) is 6.20. The molecule has 1 atom stereocenters. The molecule has 0 aromatic carbocycles. The highest BCUT2D eigenvalue weighted by molar-refractivity contribution is 4.73. The van der Waals surface area contributed by atoms with Crippen LogP contribution in [0.4, 0.5) is 0 Å². The minimum atomic E-state index is 0.149. The van der Waals surface area contributed by atoms with Gasteiger partial charge < -0.3 is 10.4 Å². The predicted octanol–water partition coefficient (Wildman–Crippen LogP) is 1.05. The van der Waals surface area contributed by atoms with Crippen LogP contribution in [0, 0.1) is 5.41 Å². The van der Waals surface area contributed by atoms with Gasteiger partial charge in [-0.3, -0.25) is 4.68 Å². The quantitative estimate of drug-likeness (QED) is 0.713. The smallest absolute Gasteiger partial charge is 0.137 e. The fourth-order valence-electron chi connectivity index (χ4n) is 1.62. The molecule has 1 heterocycles. The Bertz CT molecular complexity index is 297. The first-order valence-corrected chi connectivity index (χ1v) is 6.20. The summed E-state index contributed by atoms with van der Waals surface area (Å²) in [7, 11) is 0. The minimum absolute atomic E-state index is 0.149. The number of hydrogen-bond donors (Lipinski definition) is 2. The predicted molar refractivity (Wildman–Crippen MR) is 67.6 cm³/mol. The summed E-state index contributed by atoms with van der Waals surface area (Å²) < 4.78 is 1.84. The molecule has 0 radical (unpaired) electrons. The number of aliphatic hydroxyl groups is 1. The number of aromatic nitrogens is 3. The second kappa shape index (κ2) is 6.71. The highest BCUT2D eigenvalue weighted by Crippen LogP contribution is 2.18. The Labute approximate surface area is 103 Å². The lowest BCUT2D eigenvalue weighted by Gasteiger charge is -2.26. The highest BCUT2D eigenvalue weighted by Gasteiger charge is 2.17. The molecule has 98 valence electrons. The Morgan fingerprint density at radius 3 is 2.82 bits per heavy atom. The molecule has 0 saturated carbocycles. The lowest BCUT2D eigenvalue weighted by molar-refractivity contribution is 0.202. The molecule has 0 aliphatic carbocycles. The lowest BCUT2D eigenvalue weighted by atomic mass is 9.89. The Morgan fingerprint density at radius 1 is 1.47 bits per heavy atom. The van der Waals surface area contributed by atoms with Crippen LogP contribution < -0.4 is 5.32 Å². The van der Waals surface area contributed by atoms with Crippen LogP contribution in [-0.2, 0) is 6.54 Å². The first kappa shape index (κ1) is 14.1.